The second-order valence-corrected chi connectivity index (χ2v) is 5.34. The Morgan fingerprint density at radius 1 is 1.15 bits per heavy atom. The second kappa shape index (κ2) is 7.43. The molecule has 0 spiro atoms. The number of hydrogen-bond acceptors (Lipinski definition) is 6. The summed E-state index contributed by atoms with van der Waals surface area (Å²) in [5.74, 6) is 0.0230. The summed E-state index contributed by atoms with van der Waals surface area (Å²) in [6.45, 7) is -0.139. The fraction of sp³-hybridized carbons (Fsp3) is 0.118. The molecule has 0 unspecified atom stereocenters. The van der Waals surface area contributed by atoms with E-state index in [0.29, 0.717) is 28.4 Å². The molecule has 9 heteroatoms. The highest BCUT2D eigenvalue weighted by atomic mass is 16.5. The van der Waals surface area contributed by atoms with E-state index < -0.39 is 5.91 Å². The van der Waals surface area contributed by atoms with Crippen molar-refractivity contribution in [3.8, 4) is 17.1 Å². The summed E-state index contributed by atoms with van der Waals surface area (Å²) in [5, 5.41) is 14.5. The summed E-state index contributed by atoms with van der Waals surface area (Å²) in [4.78, 5) is 24.4. The molecule has 0 radical (unpaired) electrons. The molecular weight excluding hydrogens is 336 g/mol. The third-order valence-electron chi connectivity index (χ3n) is 3.50. The number of nitrogens with zero attached hydrogens (tertiary/aromatic N) is 4. The van der Waals surface area contributed by atoms with Gasteiger partial charge in [-0.25, -0.2) is 0 Å². The maximum Gasteiger partial charge on any atom is 0.259 e. The molecule has 0 saturated carbocycles. The Balaban J connectivity index is 1.72. The monoisotopic (exact) mass is 352 g/mol. The average molecular weight is 352 g/mol. The van der Waals surface area contributed by atoms with Crippen LogP contribution in [0, 0.1) is 0 Å². The second-order valence-electron chi connectivity index (χ2n) is 5.34. The molecule has 1 aromatic heterocycles. The van der Waals surface area contributed by atoms with Gasteiger partial charge < -0.3 is 15.8 Å². The number of aromatic nitrogens is 4. The van der Waals surface area contributed by atoms with Gasteiger partial charge in [-0.2, -0.15) is 4.80 Å². The van der Waals surface area contributed by atoms with Gasteiger partial charge in [-0.3, -0.25) is 9.59 Å². The van der Waals surface area contributed by atoms with Crippen LogP contribution in [-0.4, -0.2) is 39.1 Å². The van der Waals surface area contributed by atoms with Crippen molar-refractivity contribution in [1.82, 2.24) is 20.2 Å². The van der Waals surface area contributed by atoms with Gasteiger partial charge in [0.25, 0.3) is 5.91 Å². The van der Waals surface area contributed by atoms with Gasteiger partial charge in [0, 0.05) is 11.3 Å². The van der Waals surface area contributed by atoms with Crippen molar-refractivity contribution >= 4 is 17.5 Å². The van der Waals surface area contributed by atoms with Crippen molar-refractivity contribution in [2.24, 2.45) is 5.73 Å². The molecule has 2 amide bonds. The Kier molecular flexibility index (Phi) is 4.88. The summed E-state index contributed by atoms with van der Waals surface area (Å²) in [7, 11) is 1.51. The smallest absolute Gasteiger partial charge is 0.259 e. The van der Waals surface area contributed by atoms with Gasteiger partial charge in [-0.05, 0) is 41.6 Å². The van der Waals surface area contributed by atoms with E-state index in [1.54, 1.807) is 48.5 Å². The summed E-state index contributed by atoms with van der Waals surface area (Å²) in [6, 6.07) is 13.9. The summed E-state index contributed by atoms with van der Waals surface area (Å²) < 4.78 is 5.19. The fourth-order valence-corrected chi connectivity index (χ4v) is 2.30. The zero-order valence-electron chi connectivity index (χ0n) is 13.9. The first-order valence-corrected chi connectivity index (χ1v) is 7.68. The highest BCUT2D eigenvalue weighted by Crippen LogP contribution is 2.21. The minimum Gasteiger partial charge on any atom is -0.496 e. The number of carbonyl (C=O) groups is 2. The van der Waals surface area contributed by atoms with Crippen molar-refractivity contribution in [1.29, 1.82) is 0 Å². The summed E-state index contributed by atoms with van der Waals surface area (Å²) in [5.41, 5.74) is 6.83. The van der Waals surface area contributed by atoms with Crippen molar-refractivity contribution in [2.45, 2.75) is 6.54 Å². The minimum absolute atomic E-state index is 0.139. The Bertz CT molecular complexity index is 936. The predicted octanol–water partition coefficient (Wildman–Crippen LogP) is 1.09. The molecule has 3 N–H and O–H groups in total. The van der Waals surface area contributed by atoms with Crippen molar-refractivity contribution in [2.75, 3.05) is 12.4 Å². The highest BCUT2D eigenvalue weighted by molar-refractivity contribution is 6.06. The van der Waals surface area contributed by atoms with Crippen LogP contribution in [0.5, 0.6) is 5.75 Å². The van der Waals surface area contributed by atoms with Gasteiger partial charge in [0.2, 0.25) is 11.7 Å². The van der Waals surface area contributed by atoms with E-state index >= 15 is 0 Å². The van der Waals surface area contributed by atoms with Crippen LogP contribution >= 0.6 is 0 Å². The van der Waals surface area contributed by atoms with Gasteiger partial charge in [-0.1, -0.05) is 12.1 Å². The number of benzene rings is 2. The van der Waals surface area contributed by atoms with Gasteiger partial charge >= 0.3 is 0 Å². The standard InChI is InChI=1S/C17H16N6O3/c1-26-14-5-3-2-4-13(14)17(25)19-12-8-6-11(7-9-12)16-20-22-23(21-16)10-15(18)24/h2-9H,10H2,1H3,(H2,18,24)(H,19,25). The zero-order chi connectivity index (χ0) is 18.5. The van der Waals surface area contributed by atoms with Crippen LogP contribution in [0.15, 0.2) is 48.5 Å². The molecule has 1 heterocycles. The van der Waals surface area contributed by atoms with Crippen LogP contribution in [-0.2, 0) is 11.3 Å². The number of rotatable bonds is 6. The Hall–Kier alpha value is -3.75. The number of primary amides is 1. The molecule has 9 nitrogen and oxygen atoms in total. The Morgan fingerprint density at radius 3 is 2.58 bits per heavy atom. The number of amides is 2. The van der Waals surface area contributed by atoms with Gasteiger partial charge in [0.15, 0.2) is 0 Å². The average Bonchev–Trinajstić information content (AvgIpc) is 3.10. The van der Waals surface area contributed by atoms with Gasteiger partial charge in [0.1, 0.15) is 12.3 Å². The molecular formula is C17H16N6O3. The van der Waals surface area contributed by atoms with Crippen molar-refractivity contribution < 1.29 is 14.3 Å². The number of ether oxygens (including phenoxy) is 1. The number of anilines is 1. The first kappa shape index (κ1) is 17.1. The summed E-state index contributed by atoms with van der Waals surface area (Å²) >= 11 is 0. The van der Waals surface area contributed by atoms with Crippen LogP contribution in [0.4, 0.5) is 5.69 Å². The van der Waals surface area contributed by atoms with E-state index in [2.05, 4.69) is 20.7 Å². The molecule has 0 saturated heterocycles. The molecule has 0 atom stereocenters. The SMILES string of the molecule is COc1ccccc1C(=O)Nc1ccc(-c2nnn(CC(N)=O)n2)cc1. The lowest BCUT2D eigenvalue weighted by Gasteiger charge is -2.09. The number of nitrogens with one attached hydrogen (secondary N) is 1. The molecule has 3 rings (SSSR count). The number of methoxy groups -OCH3 is 1. The number of para-hydroxylation sites is 1. The largest absolute Gasteiger partial charge is 0.496 e. The van der Waals surface area contributed by atoms with E-state index in [1.807, 2.05) is 0 Å². The first-order valence-electron chi connectivity index (χ1n) is 7.68. The van der Waals surface area contributed by atoms with Gasteiger partial charge in [0.05, 0.1) is 12.7 Å². The maximum absolute atomic E-state index is 12.4. The quantitative estimate of drug-likeness (QED) is 0.684. The van der Waals surface area contributed by atoms with E-state index in [0.717, 1.165) is 4.80 Å². The van der Waals surface area contributed by atoms with E-state index in [1.165, 1.54) is 7.11 Å². The molecule has 0 aliphatic heterocycles. The number of tetrazole rings is 1. The van der Waals surface area contributed by atoms with Crippen LogP contribution in [0.25, 0.3) is 11.4 Å². The molecule has 3 aromatic rings. The lowest BCUT2D eigenvalue weighted by molar-refractivity contribution is -0.118. The Morgan fingerprint density at radius 2 is 1.88 bits per heavy atom. The number of nitrogens with two attached hydrogens (primary N) is 1. The van der Waals surface area contributed by atoms with E-state index in [-0.39, 0.29) is 12.5 Å². The van der Waals surface area contributed by atoms with E-state index in [9.17, 15) is 9.59 Å². The van der Waals surface area contributed by atoms with Crippen LogP contribution in [0.1, 0.15) is 10.4 Å². The third-order valence-corrected chi connectivity index (χ3v) is 3.50. The summed E-state index contributed by atoms with van der Waals surface area (Å²) in [6.07, 6.45) is 0. The zero-order valence-corrected chi connectivity index (χ0v) is 13.9. The third kappa shape index (κ3) is 3.83. The van der Waals surface area contributed by atoms with Crippen molar-refractivity contribution in [3.05, 3.63) is 54.1 Å². The fourth-order valence-electron chi connectivity index (χ4n) is 2.30. The predicted molar refractivity (Wildman–Crippen MR) is 93.4 cm³/mol. The Labute approximate surface area is 148 Å². The molecule has 2 aromatic carbocycles. The highest BCUT2D eigenvalue weighted by Gasteiger charge is 2.12. The maximum atomic E-state index is 12.4. The number of hydrogen-bond donors (Lipinski definition) is 2. The van der Waals surface area contributed by atoms with Crippen molar-refractivity contribution in [3.63, 3.8) is 0 Å². The molecule has 132 valence electrons. The van der Waals surface area contributed by atoms with E-state index in [4.69, 9.17) is 10.5 Å². The minimum atomic E-state index is -0.552. The number of carbonyl (C=O) groups excluding carboxylic acids is 2. The molecule has 0 aliphatic carbocycles. The van der Waals surface area contributed by atoms with Crippen LogP contribution in [0.3, 0.4) is 0 Å². The lowest BCUT2D eigenvalue weighted by Crippen LogP contribution is -2.20. The lowest BCUT2D eigenvalue weighted by atomic mass is 10.1. The normalized spacial score (nSPS) is 10.3. The molecule has 0 bridgehead atoms. The molecule has 0 aliphatic rings. The first-order chi connectivity index (χ1) is 12.6. The molecule has 0 fully saturated rings. The topological polar surface area (TPSA) is 125 Å². The molecule has 26 heavy (non-hydrogen) atoms. The van der Waals surface area contributed by atoms with Crippen LogP contribution < -0.4 is 15.8 Å². The van der Waals surface area contributed by atoms with Gasteiger partial charge in [-0.15, -0.1) is 10.2 Å². The van der Waals surface area contributed by atoms with Crippen LogP contribution in [0.2, 0.25) is 0 Å².